The van der Waals surface area contributed by atoms with Crippen molar-refractivity contribution >= 4 is 29.5 Å². The molecule has 0 aliphatic carbocycles. The van der Waals surface area contributed by atoms with Gasteiger partial charge in [0.2, 0.25) is 0 Å². The van der Waals surface area contributed by atoms with Gasteiger partial charge in [-0.25, -0.2) is 14.0 Å². The van der Waals surface area contributed by atoms with Gasteiger partial charge in [-0.3, -0.25) is 14.6 Å². The molecule has 0 unspecified atom stereocenters. The SMILES string of the molecule is CCOC(=O)C1=C(CN2CCN(C(=O)c3ccc(Cl)cc3)[C@@H](C)C2)N(C)C(=O)N[C@@H]1c1ccc(F)cc1. The topological polar surface area (TPSA) is 82.2 Å². The molecule has 0 aromatic heterocycles. The van der Waals surface area contributed by atoms with Gasteiger partial charge >= 0.3 is 12.0 Å². The molecule has 0 saturated carbocycles. The monoisotopic (exact) mass is 528 g/mol. The summed E-state index contributed by atoms with van der Waals surface area (Å²) in [7, 11) is 1.61. The minimum Gasteiger partial charge on any atom is -0.463 e. The molecule has 2 aliphatic rings. The van der Waals surface area contributed by atoms with E-state index in [2.05, 4.69) is 10.2 Å². The first kappa shape index (κ1) is 26.6. The summed E-state index contributed by atoms with van der Waals surface area (Å²) in [6.07, 6.45) is 0. The van der Waals surface area contributed by atoms with Crippen molar-refractivity contribution in [1.82, 2.24) is 20.0 Å². The summed E-state index contributed by atoms with van der Waals surface area (Å²) in [6, 6.07) is 11.3. The fourth-order valence-electron chi connectivity index (χ4n) is 4.75. The number of ether oxygens (including phenoxy) is 1. The van der Waals surface area contributed by atoms with Gasteiger partial charge in [-0.05, 0) is 55.8 Å². The molecule has 2 aromatic carbocycles. The highest BCUT2D eigenvalue weighted by molar-refractivity contribution is 6.30. The van der Waals surface area contributed by atoms with Crippen molar-refractivity contribution in [1.29, 1.82) is 0 Å². The van der Waals surface area contributed by atoms with E-state index in [-0.39, 0.29) is 24.6 Å². The lowest BCUT2D eigenvalue weighted by Crippen LogP contribution is -2.56. The van der Waals surface area contributed by atoms with Gasteiger partial charge in [-0.15, -0.1) is 0 Å². The van der Waals surface area contributed by atoms with Crippen molar-refractivity contribution in [2.24, 2.45) is 0 Å². The van der Waals surface area contributed by atoms with Gasteiger partial charge in [0.05, 0.1) is 18.2 Å². The highest BCUT2D eigenvalue weighted by Crippen LogP contribution is 2.32. The number of esters is 1. The van der Waals surface area contributed by atoms with Gasteiger partial charge in [-0.2, -0.15) is 0 Å². The maximum atomic E-state index is 13.6. The van der Waals surface area contributed by atoms with Crippen molar-refractivity contribution < 1.29 is 23.5 Å². The number of hydrogen-bond acceptors (Lipinski definition) is 5. The summed E-state index contributed by atoms with van der Waals surface area (Å²) in [5.41, 5.74) is 1.97. The zero-order chi connectivity index (χ0) is 26.7. The molecule has 1 N–H and O–H groups in total. The fraction of sp³-hybridized carbons (Fsp3) is 0.370. The summed E-state index contributed by atoms with van der Waals surface area (Å²) in [5.74, 6) is -1.02. The molecule has 4 rings (SSSR count). The lowest BCUT2D eigenvalue weighted by atomic mass is 9.94. The van der Waals surface area contributed by atoms with Crippen molar-refractivity contribution in [2.45, 2.75) is 25.9 Å². The van der Waals surface area contributed by atoms with Crippen LogP contribution in [0.4, 0.5) is 9.18 Å². The molecule has 0 spiro atoms. The molecule has 37 heavy (non-hydrogen) atoms. The Morgan fingerprint density at radius 2 is 1.78 bits per heavy atom. The Labute approximate surface area is 220 Å². The zero-order valence-corrected chi connectivity index (χ0v) is 21.8. The van der Waals surface area contributed by atoms with Gasteiger partial charge in [0, 0.05) is 55.6 Å². The van der Waals surface area contributed by atoms with E-state index in [0.29, 0.717) is 53.6 Å². The second-order valence-corrected chi connectivity index (χ2v) is 9.60. The van der Waals surface area contributed by atoms with Crippen LogP contribution < -0.4 is 5.32 Å². The molecule has 10 heteroatoms. The summed E-state index contributed by atoms with van der Waals surface area (Å²) in [4.78, 5) is 44.4. The summed E-state index contributed by atoms with van der Waals surface area (Å²) >= 11 is 5.96. The molecule has 2 heterocycles. The van der Waals surface area contributed by atoms with Crippen LogP contribution in [0.3, 0.4) is 0 Å². The third kappa shape index (κ3) is 5.78. The van der Waals surface area contributed by atoms with E-state index in [4.69, 9.17) is 16.3 Å². The number of hydrogen-bond donors (Lipinski definition) is 1. The Kier molecular flexibility index (Phi) is 8.14. The number of piperazine rings is 1. The Hall–Kier alpha value is -3.43. The number of rotatable bonds is 6. The second-order valence-electron chi connectivity index (χ2n) is 9.16. The number of carbonyl (C=O) groups is 3. The van der Waals surface area contributed by atoms with Crippen molar-refractivity contribution in [3.05, 3.63) is 81.8 Å². The largest absolute Gasteiger partial charge is 0.463 e. The van der Waals surface area contributed by atoms with Crippen molar-refractivity contribution in [3.8, 4) is 0 Å². The van der Waals surface area contributed by atoms with E-state index in [1.54, 1.807) is 50.4 Å². The summed E-state index contributed by atoms with van der Waals surface area (Å²) in [5, 5.41) is 3.41. The van der Waals surface area contributed by atoms with Crippen LogP contribution in [0.25, 0.3) is 0 Å². The number of carbonyl (C=O) groups excluding carboxylic acids is 3. The summed E-state index contributed by atoms with van der Waals surface area (Å²) < 4.78 is 18.9. The van der Waals surface area contributed by atoms with Gasteiger partial charge in [0.25, 0.3) is 5.91 Å². The van der Waals surface area contributed by atoms with Crippen LogP contribution in [0.1, 0.15) is 35.8 Å². The van der Waals surface area contributed by atoms with Crippen molar-refractivity contribution in [3.63, 3.8) is 0 Å². The predicted molar refractivity (Wildman–Crippen MR) is 137 cm³/mol. The number of amides is 3. The normalized spacial score (nSPS) is 20.6. The average molecular weight is 529 g/mol. The zero-order valence-electron chi connectivity index (χ0n) is 21.0. The third-order valence-corrected chi connectivity index (χ3v) is 6.96. The van der Waals surface area contributed by atoms with Crippen LogP contribution in [-0.4, -0.2) is 78.5 Å². The van der Waals surface area contributed by atoms with Gasteiger partial charge in [0.1, 0.15) is 5.82 Å². The first-order chi connectivity index (χ1) is 17.7. The van der Waals surface area contributed by atoms with E-state index in [9.17, 15) is 18.8 Å². The molecule has 3 amide bonds. The van der Waals surface area contributed by atoms with Gasteiger partial charge in [0.15, 0.2) is 0 Å². The predicted octanol–water partition coefficient (Wildman–Crippen LogP) is 3.84. The van der Waals surface area contributed by atoms with Crippen LogP contribution in [-0.2, 0) is 9.53 Å². The molecular weight excluding hydrogens is 499 g/mol. The lowest BCUT2D eigenvalue weighted by Gasteiger charge is -2.42. The fourth-order valence-corrected chi connectivity index (χ4v) is 4.88. The Morgan fingerprint density at radius 1 is 1.11 bits per heavy atom. The quantitative estimate of drug-likeness (QED) is 0.576. The number of halogens is 2. The number of benzene rings is 2. The number of nitrogens with one attached hydrogen (secondary N) is 1. The smallest absolute Gasteiger partial charge is 0.338 e. The molecule has 0 radical (unpaired) electrons. The highest BCUT2D eigenvalue weighted by atomic mass is 35.5. The standard InChI is InChI=1S/C27H30ClFN4O4/c1-4-37-26(35)23-22(31(3)27(36)30-24(23)18-7-11-21(29)12-8-18)16-32-13-14-33(17(2)15-32)25(34)19-5-9-20(28)10-6-19/h5-12,17,24H,4,13-16H2,1-3H3,(H,30,36)/t17-,24+/m0/s1. The van der Waals surface area contributed by atoms with Crippen LogP contribution >= 0.6 is 11.6 Å². The minimum atomic E-state index is -0.774. The Balaban J connectivity index is 1.59. The molecular formula is C27H30ClFN4O4. The minimum absolute atomic E-state index is 0.0687. The molecule has 2 aromatic rings. The maximum absolute atomic E-state index is 13.6. The van der Waals surface area contributed by atoms with Crippen LogP contribution in [0.5, 0.6) is 0 Å². The molecule has 1 saturated heterocycles. The van der Waals surface area contributed by atoms with E-state index in [1.807, 2.05) is 11.8 Å². The van der Waals surface area contributed by atoms with Crippen LogP contribution in [0.15, 0.2) is 59.8 Å². The molecule has 2 aliphatic heterocycles. The van der Waals surface area contributed by atoms with E-state index in [1.165, 1.54) is 17.0 Å². The van der Waals surface area contributed by atoms with Crippen molar-refractivity contribution in [2.75, 3.05) is 39.8 Å². The van der Waals surface area contributed by atoms with Gasteiger partial charge in [-0.1, -0.05) is 23.7 Å². The Morgan fingerprint density at radius 3 is 2.41 bits per heavy atom. The van der Waals surface area contributed by atoms with Crippen LogP contribution in [0, 0.1) is 5.82 Å². The average Bonchev–Trinajstić information content (AvgIpc) is 2.87. The number of likely N-dealkylation sites (N-methyl/N-ethyl adjacent to an activating group) is 1. The third-order valence-electron chi connectivity index (χ3n) is 6.71. The van der Waals surface area contributed by atoms with Gasteiger partial charge < -0.3 is 15.0 Å². The molecule has 8 nitrogen and oxygen atoms in total. The molecule has 2 atom stereocenters. The molecule has 196 valence electrons. The first-order valence-corrected chi connectivity index (χ1v) is 12.6. The van der Waals surface area contributed by atoms with E-state index < -0.39 is 17.8 Å². The van der Waals surface area contributed by atoms with Crippen LogP contribution in [0.2, 0.25) is 5.02 Å². The highest BCUT2D eigenvalue weighted by Gasteiger charge is 2.38. The number of urea groups is 1. The Bertz CT molecular complexity index is 1200. The number of nitrogens with zero attached hydrogens (tertiary/aromatic N) is 3. The summed E-state index contributed by atoms with van der Waals surface area (Å²) in [6.45, 7) is 5.76. The van der Waals surface area contributed by atoms with E-state index in [0.717, 1.165) is 0 Å². The lowest BCUT2D eigenvalue weighted by molar-refractivity contribution is -0.139. The first-order valence-electron chi connectivity index (χ1n) is 12.2. The molecule has 0 bridgehead atoms. The molecule has 1 fully saturated rings. The second kappa shape index (κ2) is 11.3. The maximum Gasteiger partial charge on any atom is 0.338 e. The van der Waals surface area contributed by atoms with E-state index >= 15 is 0 Å².